The normalized spacial score (nSPS) is 18.7. The predicted molar refractivity (Wildman–Crippen MR) is 112 cm³/mol. The van der Waals surface area contributed by atoms with Gasteiger partial charge in [-0.3, -0.25) is 9.59 Å². The highest BCUT2D eigenvalue weighted by Crippen LogP contribution is 2.36. The molecule has 2 aliphatic rings. The van der Waals surface area contributed by atoms with E-state index in [4.69, 9.17) is 9.47 Å². The summed E-state index contributed by atoms with van der Waals surface area (Å²) in [5, 5.41) is 3.04. The number of carbonyl (C=O) groups is 2. The lowest BCUT2D eigenvalue weighted by Gasteiger charge is -2.24. The summed E-state index contributed by atoms with van der Waals surface area (Å²) >= 11 is 0. The van der Waals surface area contributed by atoms with Crippen molar-refractivity contribution < 1.29 is 19.1 Å². The number of anilines is 2. The number of fused-ring (bicyclic) bond motifs is 1. The van der Waals surface area contributed by atoms with E-state index in [0.29, 0.717) is 31.3 Å². The minimum Gasteiger partial charge on any atom is -0.486 e. The third-order valence-corrected chi connectivity index (χ3v) is 5.33. The van der Waals surface area contributed by atoms with Crippen LogP contribution in [0.3, 0.4) is 0 Å². The number of amides is 2. The van der Waals surface area contributed by atoms with Crippen molar-refractivity contribution in [2.24, 2.45) is 5.92 Å². The van der Waals surface area contributed by atoms with Crippen LogP contribution < -0.4 is 19.7 Å². The number of hydrogen-bond donors (Lipinski definition) is 1. The van der Waals surface area contributed by atoms with E-state index >= 15 is 0 Å². The van der Waals surface area contributed by atoms with Gasteiger partial charge >= 0.3 is 0 Å². The van der Waals surface area contributed by atoms with E-state index in [-0.39, 0.29) is 23.7 Å². The van der Waals surface area contributed by atoms with Crippen molar-refractivity contribution in [1.29, 1.82) is 0 Å². The first-order chi connectivity index (χ1) is 13.8. The molecule has 1 fully saturated rings. The number of para-hydroxylation sites is 1. The van der Waals surface area contributed by atoms with Gasteiger partial charge in [0.25, 0.3) is 0 Å². The molecule has 2 aromatic rings. The Kier molecular flexibility index (Phi) is 4.94. The topological polar surface area (TPSA) is 67.9 Å². The molecule has 2 aliphatic heterocycles. The summed E-state index contributed by atoms with van der Waals surface area (Å²) in [4.78, 5) is 27.2. The number of hydrogen-bond acceptors (Lipinski definition) is 4. The summed E-state index contributed by atoms with van der Waals surface area (Å²) in [6, 6.07) is 13.3. The van der Waals surface area contributed by atoms with Crippen molar-refractivity contribution in [2.45, 2.75) is 32.6 Å². The van der Waals surface area contributed by atoms with E-state index in [1.165, 1.54) is 0 Å². The maximum absolute atomic E-state index is 12.9. The molecule has 0 radical (unpaired) electrons. The Hall–Kier alpha value is -3.02. The highest BCUT2D eigenvalue weighted by molar-refractivity contribution is 6.03. The van der Waals surface area contributed by atoms with Crippen LogP contribution in [-0.2, 0) is 15.0 Å². The molecule has 2 heterocycles. The summed E-state index contributed by atoms with van der Waals surface area (Å²) in [5.74, 6) is 0.720. The van der Waals surface area contributed by atoms with Gasteiger partial charge in [-0.25, -0.2) is 0 Å². The van der Waals surface area contributed by atoms with E-state index in [1.54, 1.807) is 4.90 Å². The number of nitrogens with one attached hydrogen (secondary N) is 1. The second-order valence-corrected chi connectivity index (χ2v) is 8.52. The van der Waals surface area contributed by atoms with E-state index in [0.717, 1.165) is 16.9 Å². The van der Waals surface area contributed by atoms with Crippen LogP contribution in [0.4, 0.5) is 11.4 Å². The van der Waals surface area contributed by atoms with Gasteiger partial charge in [0.05, 0.1) is 5.92 Å². The molecule has 6 heteroatoms. The molecule has 1 saturated heterocycles. The monoisotopic (exact) mass is 394 g/mol. The molecule has 29 heavy (non-hydrogen) atoms. The summed E-state index contributed by atoms with van der Waals surface area (Å²) < 4.78 is 11.2. The van der Waals surface area contributed by atoms with Crippen LogP contribution in [0.1, 0.15) is 32.8 Å². The second-order valence-electron chi connectivity index (χ2n) is 8.52. The van der Waals surface area contributed by atoms with Crippen LogP contribution in [-0.4, -0.2) is 31.6 Å². The number of benzene rings is 2. The van der Waals surface area contributed by atoms with Gasteiger partial charge in [0, 0.05) is 30.4 Å². The highest BCUT2D eigenvalue weighted by Gasteiger charge is 2.36. The summed E-state index contributed by atoms with van der Waals surface area (Å²) in [6.07, 6.45) is 0.192. The van der Waals surface area contributed by atoms with Gasteiger partial charge < -0.3 is 19.7 Å². The average Bonchev–Trinajstić information content (AvgIpc) is 3.09. The van der Waals surface area contributed by atoms with E-state index in [2.05, 4.69) is 26.1 Å². The van der Waals surface area contributed by atoms with Crippen molar-refractivity contribution in [2.75, 3.05) is 30.0 Å². The molecule has 0 spiro atoms. The lowest BCUT2D eigenvalue weighted by Crippen LogP contribution is -2.29. The Balaban J connectivity index is 1.49. The molecular weight excluding hydrogens is 368 g/mol. The number of rotatable bonds is 3. The maximum atomic E-state index is 12.9. The molecule has 0 saturated carbocycles. The molecule has 0 bridgehead atoms. The van der Waals surface area contributed by atoms with Gasteiger partial charge in [-0.15, -0.1) is 0 Å². The van der Waals surface area contributed by atoms with Crippen LogP contribution in [0.25, 0.3) is 0 Å². The molecule has 152 valence electrons. The fourth-order valence-corrected chi connectivity index (χ4v) is 3.81. The minimum absolute atomic E-state index is 0.0639. The predicted octanol–water partition coefficient (Wildman–Crippen LogP) is 3.75. The third kappa shape index (κ3) is 3.92. The van der Waals surface area contributed by atoms with E-state index < -0.39 is 5.92 Å². The van der Waals surface area contributed by atoms with Gasteiger partial charge in [-0.2, -0.15) is 0 Å². The molecule has 6 nitrogen and oxygen atoms in total. The summed E-state index contributed by atoms with van der Waals surface area (Å²) in [6.45, 7) is 7.69. The smallest absolute Gasteiger partial charge is 0.229 e. The van der Waals surface area contributed by atoms with Gasteiger partial charge in [0.1, 0.15) is 13.2 Å². The van der Waals surface area contributed by atoms with Crippen LogP contribution >= 0.6 is 0 Å². The lowest BCUT2D eigenvalue weighted by molar-refractivity contribution is -0.122. The first-order valence-corrected chi connectivity index (χ1v) is 9.93. The van der Waals surface area contributed by atoms with Crippen LogP contribution in [0.2, 0.25) is 0 Å². The van der Waals surface area contributed by atoms with Crippen LogP contribution in [0, 0.1) is 5.92 Å². The number of carbonyl (C=O) groups excluding carboxylic acids is 2. The molecule has 0 aromatic heterocycles. The maximum Gasteiger partial charge on any atom is 0.229 e. The molecule has 0 aliphatic carbocycles. The van der Waals surface area contributed by atoms with Gasteiger partial charge in [-0.05, 0) is 29.2 Å². The Morgan fingerprint density at radius 2 is 1.79 bits per heavy atom. The fourth-order valence-electron chi connectivity index (χ4n) is 3.81. The molecule has 2 amide bonds. The zero-order valence-corrected chi connectivity index (χ0v) is 17.0. The molecular formula is C23H26N2O4. The fraction of sp³-hybridized carbons (Fsp3) is 0.391. The second kappa shape index (κ2) is 7.43. The first-order valence-electron chi connectivity index (χ1n) is 9.93. The summed E-state index contributed by atoms with van der Waals surface area (Å²) in [5.41, 5.74) is 2.51. The van der Waals surface area contributed by atoms with Gasteiger partial charge in [0.2, 0.25) is 11.8 Å². The quantitative estimate of drug-likeness (QED) is 0.861. The SMILES string of the molecule is CC(C)(C)c1ccccc1NC(=O)C1CC(=O)N(c2ccc3c(c2)OCCO3)C1. The summed E-state index contributed by atoms with van der Waals surface area (Å²) in [7, 11) is 0. The van der Waals surface area contributed by atoms with Crippen molar-refractivity contribution in [3.05, 3.63) is 48.0 Å². The van der Waals surface area contributed by atoms with Crippen molar-refractivity contribution in [3.8, 4) is 11.5 Å². The van der Waals surface area contributed by atoms with Crippen LogP contribution in [0.5, 0.6) is 11.5 Å². The lowest BCUT2D eigenvalue weighted by atomic mass is 9.85. The molecule has 2 aromatic carbocycles. The zero-order chi connectivity index (χ0) is 20.6. The standard InChI is InChI=1S/C23H26N2O4/c1-23(2,3)17-6-4-5-7-18(17)24-22(27)15-12-21(26)25(14-15)16-8-9-19-20(13-16)29-11-10-28-19/h4-9,13,15H,10-12,14H2,1-3H3,(H,24,27). The first kappa shape index (κ1) is 19.3. The molecule has 1 N–H and O–H groups in total. The minimum atomic E-state index is -0.399. The van der Waals surface area contributed by atoms with Crippen LogP contribution in [0.15, 0.2) is 42.5 Å². The Labute approximate surface area is 170 Å². The van der Waals surface area contributed by atoms with Crippen molar-refractivity contribution in [3.63, 3.8) is 0 Å². The number of ether oxygens (including phenoxy) is 2. The van der Waals surface area contributed by atoms with Crippen molar-refractivity contribution in [1.82, 2.24) is 0 Å². The Morgan fingerprint density at radius 3 is 2.55 bits per heavy atom. The van der Waals surface area contributed by atoms with Gasteiger partial charge in [-0.1, -0.05) is 39.0 Å². The largest absolute Gasteiger partial charge is 0.486 e. The van der Waals surface area contributed by atoms with E-state index in [1.807, 2.05) is 42.5 Å². The highest BCUT2D eigenvalue weighted by atomic mass is 16.6. The van der Waals surface area contributed by atoms with Gasteiger partial charge in [0.15, 0.2) is 11.5 Å². The molecule has 1 atom stereocenters. The Morgan fingerprint density at radius 1 is 1.07 bits per heavy atom. The number of nitrogens with zero attached hydrogens (tertiary/aromatic N) is 1. The average molecular weight is 394 g/mol. The molecule has 4 rings (SSSR count). The van der Waals surface area contributed by atoms with Crippen molar-refractivity contribution >= 4 is 23.2 Å². The third-order valence-electron chi connectivity index (χ3n) is 5.33. The molecule has 1 unspecified atom stereocenters. The Bertz CT molecular complexity index is 948. The van der Waals surface area contributed by atoms with E-state index in [9.17, 15) is 9.59 Å². The zero-order valence-electron chi connectivity index (χ0n) is 17.0.